The maximum Gasteiger partial charge on any atom is 0.0933 e. The summed E-state index contributed by atoms with van der Waals surface area (Å²) in [5.74, 6) is 0. The first kappa shape index (κ1) is 14.9. The fourth-order valence-electron chi connectivity index (χ4n) is 2.11. The van der Waals surface area contributed by atoms with Gasteiger partial charge >= 0.3 is 0 Å². The summed E-state index contributed by atoms with van der Waals surface area (Å²) in [6, 6.07) is 0.401. The molecule has 1 heterocycles. The van der Waals surface area contributed by atoms with Crippen molar-refractivity contribution in [3.63, 3.8) is 0 Å². The van der Waals surface area contributed by atoms with E-state index in [2.05, 4.69) is 11.8 Å². The van der Waals surface area contributed by atoms with Crippen LogP contribution in [-0.4, -0.2) is 67.7 Å². The SMILES string of the molecule is CCOC(CN)CCN1CC(CO)OCC1C. The first-order valence-corrected chi connectivity index (χ1v) is 6.49. The second kappa shape index (κ2) is 8.00. The quantitative estimate of drug-likeness (QED) is 0.652. The molecule has 1 rings (SSSR count). The number of morpholine rings is 1. The van der Waals surface area contributed by atoms with Crippen molar-refractivity contribution in [1.29, 1.82) is 0 Å². The highest BCUT2D eigenvalue weighted by molar-refractivity contribution is 4.78. The van der Waals surface area contributed by atoms with Crippen molar-refractivity contribution in [1.82, 2.24) is 4.90 Å². The van der Waals surface area contributed by atoms with E-state index < -0.39 is 0 Å². The van der Waals surface area contributed by atoms with Gasteiger partial charge in [-0.3, -0.25) is 4.90 Å². The van der Waals surface area contributed by atoms with E-state index in [0.717, 1.165) is 19.5 Å². The Balaban J connectivity index is 2.32. The Morgan fingerprint density at radius 1 is 1.59 bits per heavy atom. The van der Waals surface area contributed by atoms with Crippen LogP contribution in [-0.2, 0) is 9.47 Å². The minimum Gasteiger partial charge on any atom is -0.394 e. The number of nitrogens with zero attached hydrogens (tertiary/aromatic N) is 1. The van der Waals surface area contributed by atoms with Crippen LogP contribution in [0.3, 0.4) is 0 Å². The minimum absolute atomic E-state index is 0.0466. The molecular weight excluding hydrogens is 220 g/mol. The van der Waals surface area contributed by atoms with Crippen LogP contribution in [0.4, 0.5) is 0 Å². The summed E-state index contributed by atoms with van der Waals surface area (Å²) in [7, 11) is 0. The van der Waals surface area contributed by atoms with E-state index in [0.29, 0.717) is 25.8 Å². The predicted octanol–water partition coefficient (Wildman–Crippen LogP) is -0.178. The Morgan fingerprint density at radius 3 is 2.94 bits per heavy atom. The van der Waals surface area contributed by atoms with Crippen molar-refractivity contribution in [3.05, 3.63) is 0 Å². The third kappa shape index (κ3) is 4.89. The topological polar surface area (TPSA) is 68.0 Å². The molecule has 0 radical (unpaired) electrons. The molecule has 1 fully saturated rings. The summed E-state index contributed by atoms with van der Waals surface area (Å²) >= 11 is 0. The second-order valence-electron chi connectivity index (χ2n) is 4.58. The maximum atomic E-state index is 9.11. The van der Waals surface area contributed by atoms with Gasteiger partial charge in [-0.25, -0.2) is 0 Å². The predicted molar refractivity (Wildman–Crippen MR) is 66.9 cm³/mol. The van der Waals surface area contributed by atoms with Gasteiger partial charge in [0.15, 0.2) is 0 Å². The monoisotopic (exact) mass is 246 g/mol. The molecule has 0 aliphatic carbocycles. The van der Waals surface area contributed by atoms with Crippen LogP contribution < -0.4 is 5.73 Å². The zero-order valence-corrected chi connectivity index (χ0v) is 11.0. The average molecular weight is 246 g/mol. The van der Waals surface area contributed by atoms with Crippen molar-refractivity contribution < 1.29 is 14.6 Å². The largest absolute Gasteiger partial charge is 0.394 e. The molecule has 0 aromatic heterocycles. The summed E-state index contributed by atoms with van der Waals surface area (Å²) in [6.07, 6.45) is 1.03. The van der Waals surface area contributed by atoms with Crippen LogP contribution in [0.1, 0.15) is 20.3 Å². The highest BCUT2D eigenvalue weighted by Gasteiger charge is 2.25. The van der Waals surface area contributed by atoms with Crippen molar-refractivity contribution in [2.75, 3.05) is 39.5 Å². The molecule has 3 unspecified atom stereocenters. The molecule has 102 valence electrons. The Labute approximate surface area is 104 Å². The van der Waals surface area contributed by atoms with Crippen LogP contribution in [0, 0.1) is 0 Å². The Bertz CT molecular complexity index is 204. The standard InChI is InChI=1S/C12H26N2O3/c1-3-16-11(6-13)4-5-14-7-12(8-15)17-9-10(14)2/h10-12,15H,3-9,13H2,1-2H3. The highest BCUT2D eigenvalue weighted by atomic mass is 16.5. The van der Waals surface area contributed by atoms with Crippen molar-refractivity contribution >= 4 is 0 Å². The Kier molecular flexibility index (Phi) is 6.99. The van der Waals surface area contributed by atoms with Gasteiger partial charge in [-0.1, -0.05) is 0 Å². The number of hydrogen-bond donors (Lipinski definition) is 2. The lowest BCUT2D eigenvalue weighted by molar-refractivity contribution is -0.0811. The van der Waals surface area contributed by atoms with Gasteiger partial charge in [-0.15, -0.1) is 0 Å². The number of aliphatic hydroxyl groups excluding tert-OH is 1. The first-order chi connectivity index (χ1) is 8.21. The van der Waals surface area contributed by atoms with Crippen LogP contribution in [0.2, 0.25) is 0 Å². The zero-order chi connectivity index (χ0) is 12.7. The summed E-state index contributed by atoms with van der Waals surface area (Å²) in [6.45, 7) is 7.93. The summed E-state index contributed by atoms with van der Waals surface area (Å²) < 4.78 is 11.0. The fourth-order valence-corrected chi connectivity index (χ4v) is 2.11. The molecule has 3 N–H and O–H groups in total. The van der Waals surface area contributed by atoms with E-state index in [1.807, 2.05) is 6.92 Å². The van der Waals surface area contributed by atoms with E-state index in [1.54, 1.807) is 0 Å². The molecule has 0 bridgehead atoms. The van der Waals surface area contributed by atoms with Crippen LogP contribution in [0.15, 0.2) is 0 Å². The minimum atomic E-state index is -0.0466. The van der Waals surface area contributed by atoms with E-state index in [-0.39, 0.29) is 18.8 Å². The van der Waals surface area contributed by atoms with Crippen LogP contribution in [0.5, 0.6) is 0 Å². The van der Waals surface area contributed by atoms with Gasteiger partial charge in [0.25, 0.3) is 0 Å². The molecule has 0 saturated carbocycles. The maximum absolute atomic E-state index is 9.11. The molecule has 0 amide bonds. The van der Waals surface area contributed by atoms with E-state index in [1.165, 1.54) is 0 Å². The summed E-state index contributed by atoms with van der Waals surface area (Å²) in [4.78, 5) is 2.34. The van der Waals surface area contributed by atoms with Gasteiger partial charge < -0.3 is 20.3 Å². The lowest BCUT2D eigenvalue weighted by Gasteiger charge is -2.37. The van der Waals surface area contributed by atoms with Crippen molar-refractivity contribution in [2.45, 2.75) is 38.5 Å². The van der Waals surface area contributed by atoms with E-state index in [4.69, 9.17) is 20.3 Å². The van der Waals surface area contributed by atoms with Crippen LogP contribution in [0.25, 0.3) is 0 Å². The number of rotatable bonds is 7. The fraction of sp³-hybridized carbons (Fsp3) is 1.00. The van der Waals surface area contributed by atoms with Gasteiger partial charge in [0.05, 0.1) is 25.4 Å². The number of nitrogens with two attached hydrogens (primary N) is 1. The van der Waals surface area contributed by atoms with Crippen molar-refractivity contribution in [2.24, 2.45) is 5.73 Å². The lowest BCUT2D eigenvalue weighted by atomic mass is 10.1. The first-order valence-electron chi connectivity index (χ1n) is 6.49. The zero-order valence-electron chi connectivity index (χ0n) is 11.0. The molecule has 0 spiro atoms. The molecule has 1 saturated heterocycles. The lowest BCUT2D eigenvalue weighted by Crippen LogP contribution is -2.50. The molecular formula is C12H26N2O3. The molecule has 1 aliphatic rings. The Morgan fingerprint density at radius 2 is 2.35 bits per heavy atom. The molecule has 0 aromatic rings. The number of aliphatic hydroxyl groups is 1. The Hall–Kier alpha value is -0.200. The molecule has 0 aromatic carbocycles. The highest BCUT2D eigenvalue weighted by Crippen LogP contribution is 2.12. The van der Waals surface area contributed by atoms with E-state index in [9.17, 15) is 0 Å². The molecule has 3 atom stereocenters. The molecule has 5 nitrogen and oxygen atoms in total. The smallest absolute Gasteiger partial charge is 0.0933 e. The molecule has 1 aliphatic heterocycles. The van der Waals surface area contributed by atoms with Gasteiger partial charge in [0.2, 0.25) is 0 Å². The summed E-state index contributed by atoms with van der Waals surface area (Å²) in [5.41, 5.74) is 5.65. The average Bonchev–Trinajstić information content (AvgIpc) is 2.36. The van der Waals surface area contributed by atoms with Gasteiger partial charge in [-0.2, -0.15) is 0 Å². The summed E-state index contributed by atoms with van der Waals surface area (Å²) in [5, 5.41) is 9.11. The second-order valence-corrected chi connectivity index (χ2v) is 4.58. The molecule has 5 heteroatoms. The number of hydrogen-bond acceptors (Lipinski definition) is 5. The molecule has 17 heavy (non-hydrogen) atoms. The van der Waals surface area contributed by atoms with Gasteiger partial charge in [-0.05, 0) is 20.3 Å². The third-order valence-electron chi connectivity index (χ3n) is 3.24. The third-order valence-corrected chi connectivity index (χ3v) is 3.24. The normalized spacial score (nSPS) is 28.2. The van der Waals surface area contributed by atoms with Crippen molar-refractivity contribution in [3.8, 4) is 0 Å². The van der Waals surface area contributed by atoms with E-state index >= 15 is 0 Å². The van der Waals surface area contributed by atoms with Crippen LogP contribution >= 0.6 is 0 Å². The van der Waals surface area contributed by atoms with Gasteiger partial charge in [0, 0.05) is 32.3 Å². The van der Waals surface area contributed by atoms with Gasteiger partial charge in [0.1, 0.15) is 0 Å². The number of ether oxygens (including phenoxy) is 2.